The molecule has 4 rings (SSSR count). The quantitative estimate of drug-likeness (QED) is 0.683. The third-order valence-electron chi connectivity index (χ3n) is 5.33. The van der Waals surface area contributed by atoms with Gasteiger partial charge in [-0.3, -0.25) is 0 Å². The summed E-state index contributed by atoms with van der Waals surface area (Å²) in [5.74, 6) is 0.197. The van der Waals surface area contributed by atoms with Crippen molar-refractivity contribution in [3.63, 3.8) is 0 Å². The number of hydrogen-bond acceptors (Lipinski definition) is 5. The molecule has 2 atom stereocenters. The molecule has 0 aliphatic carbocycles. The van der Waals surface area contributed by atoms with Crippen molar-refractivity contribution in [2.45, 2.75) is 17.4 Å². The number of aromatic nitrogens is 3. The molecule has 0 amide bonds. The number of benzene rings is 2. The molecule has 1 aliphatic heterocycles. The third kappa shape index (κ3) is 3.58. The average Bonchev–Trinajstić information content (AvgIpc) is 3.39. The summed E-state index contributed by atoms with van der Waals surface area (Å²) in [5, 5.41) is 4.09. The van der Waals surface area contributed by atoms with Gasteiger partial charge in [0.15, 0.2) is 0 Å². The Balaban J connectivity index is 1.64. The van der Waals surface area contributed by atoms with Gasteiger partial charge in [0, 0.05) is 19.0 Å². The minimum atomic E-state index is -3.64. The first-order chi connectivity index (χ1) is 13.6. The summed E-state index contributed by atoms with van der Waals surface area (Å²) in [6.07, 6.45) is 3.02. The molecule has 1 fully saturated rings. The molecular weight excluding hydrogens is 374 g/mol. The van der Waals surface area contributed by atoms with E-state index < -0.39 is 10.0 Å². The smallest absolute Gasteiger partial charge is 0.243 e. The second-order valence-corrected chi connectivity index (χ2v) is 8.94. The first-order valence-electron chi connectivity index (χ1n) is 9.25. The zero-order chi connectivity index (χ0) is 19.6. The Hall–Kier alpha value is -2.55. The highest BCUT2D eigenvalue weighted by atomic mass is 32.2. The highest BCUT2D eigenvalue weighted by molar-refractivity contribution is 7.89. The molecule has 0 unspecified atom stereocenters. The van der Waals surface area contributed by atoms with Crippen molar-refractivity contribution < 1.29 is 8.42 Å². The molecule has 0 spiro atoms. The van der Waals surface area contributed by atoms with Gasteiger partial charge in [-0.15, -0.1) is 0 Å². The fourth-order valence-electron chi connectivity index (χ4n) is 3.86. The fourth-order valence-corrected chi connectivity index (χ4v) is 5.60. The molecule has 0 bridgehead atoms. The Morgan fingerprint density at radius 1 is 1.04 bits per heavy atom. The Labute approximate surface area is 164 Å². The van der Waals surface area contributed by atoms with Gasteiger partial charge in [-0.25, -0.2) is 18.1 Å². The number of rotatable bonds is 6. The Bertz CT molecular complexity index is 1020. The van der Waals surface area contributed by atoms with Gasteiger partial charge in [0.1, 0.15) is 12.7 Å². The van der Waals surface area contributed by atoms with Crippen LogP contribution in [0.3, 0.4) is 0 Å². The van der Waals surface area contributed by atoms with Crippen molar-refractivity contribution in [2.24, 2.45) is 11.7 Å². The lowest BCUT2D eigenvalue weighted by Crippen LogP contribution is -2.31. The molecule has 28 heavy (non-hydrogen) atoms. The van der Waals surface area contributed by atoms with E-state index in [0.29, 0.717) is 36.6 Å². The van der Waals surface area contributed by atoms with Gasteiger partial charge in [-0.2, -0.15) is 9.40 Å². The van der Waals surface area contributed by atoms with E-state index in [1.165, 1.54) is 6.33 Å². The van der Waals surface area contributed by atoms with E-state index in [1.807, 2.05) is 42.5 Å². The van der Waals surface area contributed by atoms with E-state index in [-0.39, 0.29) is 11.8 Å². The molecule has 7 nitrogen and oxygen atoms in total. The van der Waals surface area contributed by atoms with Crippen LogP contribution >= 0.6 is 0 Å². The maximum Gasteiger partial charge on any atom is 0.243 e. The van der Waals surface area contributed by atoms with Crippen molar-refractivity contribution in [2.75, 3.05) is 19.6 Å². The molecular formula is C20H23N5O2S. The molecule has 3 aromatic rings. The lowest BCUT2D eigenvalue weighted by atomic mass is 9.89. The Morgan fingerprint density at radius 3 is 2.50 bits per heavy atom. The molecule has 0 radical (unpaired) electrons. The first kappa shape index (κ1) is 18.8. The zero-order valence-electron chi connectivity index (χ0n) is 15.4. The van der Waals surface area contributed by atoms with Gasteiger partial charge < -0.3 is 5.73 Å². The van der Waals surface area contributed by atoms with Crippen LogP contribution in [0.1, 0.15) is 17.0 Å². The van der Waals surface area contributed by atoms with Crippen molar-refractivity contribution in [3.05, 3.63) is 78.4 Å². The molecule has 2 heterocycles. The number of hydrogen-bond donors (Lipinski definition) is 1. The Kier molecular flexibility index (Phi) is 5.25. The molecule has 1 saturated heterocycles. The summed E-state index contributed by atoms with van der Waals surface area (Å²) >= 11 is 0. The van der Waals surface area contributed by atoms with Gasteiger partial charge in [0.2, 0.25) is 10.0 Å². The first-order valence-corrected chi connectivity index (χ1v) is 10.7. The van der Waals surface area contributed by atoms with Crippen molar-refractivity contribution in [3.8, 4) is 0 Å². The lowest BCUT2D eigenvalue weighted by molar-refractivity contribution is 0.458. The van der Waals surface area contributed by atoms with Crippen molar-refractivity contribution in [1.82, 2.24) is 19.1 Å². The molecule has 2 N–H and O–H groups in total. The standard InChI is InChI=1S/C20H23N5O2S/c21-10-18-12-25(13-19(18)16-6-2-1-3-7-16)28(26,27)20-9-5-4-8-17(20)11-24-15-22-14-23-24/h1-9,14-15,18-19H,10-13,21H2/t18-,19+/m1/s1. The minimum Gasteiger partial charge on any atom is -0.330 e. The van der Waals surface area contributed by atoms with Crippen LogP contribution in [-0.4, -0.2) is 47.1 Å². The van der Waals surface area contributed by atoms with E-state index in [2.05, 4.69) is 10.1 Å². The summed E-state index contributed by atoms with van der Waals surface area (Å²) in [5.41, 5.74) is 7.81. The van der Waals surface area contributed by atoms with Crippen LogP contribution in [-0.2, 0) is 16.6 Å². The second kappa shape index (κ2) is 7.83. The van der Waals surface area contributed by atoms with Crippen LogP contribution in [0.4, 0.5) is 0 Å². The molecule has 146 valence electrons. The SMILES string of the molecule is NC[C@@H]1CN(S(=O)(=O)c2ccccc2Cn2cncn2)C[C@H]1c1ccccc1. The largest absolute Gasteiger partial charge is 0.330 e. The minimum absolute atomic E-state index is 0.0969. The van der Waals surface area contributed by atoms with E-state index in [4.69, 9.17) is 5.73 Å². The van der Waals surface area contributed by atoms with Crippen LogP contribution in [0.2, 0.25) is 0 Å². The van der Waals surface area contributed by atoms with Gasteiger partial charge in [-0.05, 0) is 29.7 Å². The van der Waals surface area contributed by atoms with Gasteiger partial charge in [0.05, 0.1) is 11.4 Å². The fraction of sp³-hybridized carbons (Fsp3) is 0.300. The van der Waals surface area contributed by atoms with Crippen LogP contribution in [0.25, 0.3) is 0 Å². The average molecular weight is 398 g/mol. The molecule has 1 aromatic heterocycles. The van der Waals surface area contributed by atoms with Crippen LogP contribution in [0.5, 0.6) is 0 Å². The van der Waals surface area contributed by atoms with Gasteiger partial charge in [0.25, 0.3) is 0 Å². The molecule has 8 heteroatoms. The van der Waals surface area contributed by atoms with Crippen LogP contribution in [0, 0.1) is 5.92 Å². The maximum atomic E-state index is 13.5. The van der Waals surface area contributed by atoms with Crippen molar-refractivity contribution >= 4 is 10.0 Å². The highest BCUT2D eigenvalue weighted by Crippen LogP contribution is 2.35. The van der Waals surface area contributed by atoms with Gasteiger partial charge >= 0.3 is 0 Å². The van der Waals surface area contributed by atoms with E-state index in [9.17, 15) is 8.42 Å². The number of nitrogens with two attached hydrogens (primary N) is 1. The van der Waals surface area contributed by atoms with E-state index in [1.54, 1.807) is 27.4 Å². The third-order valence-corrected chi connectivity index (χ3v) is 7.26. The summed E-state index contributed by atoms with van der Waals surface area (Å²) < 4.78 is 30.1. The summed E-state index contributed by atoms with van der Waals surface area (Å²) in [4.78, 5) is 4.25. The summed E-state index contributed by atoms with van der Waals surface area (Å²) in [7, 11) is -3.64. The predicted molar refractivity (Wildman–Crippen MR) is 106 cm³/mol. The van der Waals surface area contributed by atoms with E-state index >= 15 is 0 Å². The number of nitrogens with zero attached hydrogens (tertiary/aromatic N) is 4. The molecule has 2 aromatic carbocycles. The van der Waals surface area contributed by atoms with Crippen molar-refractivity contribution in [1.29, 1.82) is 0 Å². The monoisotopic (exact) mass is 397 g/mol. The zero-order valence-corrected chi connectivity index (χ0v) is 16.2. The molecule has 0 saturated carbocycles. The summed E-state index contributed by atoms with van der Waals surface area (Å²) in [6.45, 7) is 1.67. The lowest BCUT2D eigenvalue weighted by Gasteiger charge is -2.19. The second-order valence-electron chi connectivity index (χ2n) is 7.04. The van der Waals surface area contributed by atoms with Crippen LogP contribution < -0.4 is 5.73 Å². The number of sulfonamides is 1. The van der Waals surface area contributed by atoms with E-state index in [0.717, 1.165) is 5.56 Å². The van der Waals surface area contributed by atoms with Gasteiger partial charge in [-0.1, -0.05) is 48.5 Å². The highest BCUT2D eigenvalue weighted by Gasteiger charge is 2.39. The predicted octanol–water partition coefficient (Wildman–Crippen LogP) is 1.69. The maximum absolute atomic E-state index is 13.5. The van der Waals surface area contributed by atoms with Crippen LogP contribution in [0.15, 0.2) is 72.1 Å². The molecule has 1 aliphatic rings. The topological polar surface area (TPSA) is 94.1 Å². The Morgan fingerprint density at radius 2 is 1.79 bits per heavy atom. The summed E-state index contributed by atoms with van der Waals surface area (Å²) in [6, 6.07) is 17.1. The normalized spacial score (nSPS) is 20.5.